The van der Waals surface area contributed by atoms with Gasteiger partial charge in [0, 0.05) is 11.5 Å². The zero-order chi connectivity index (χ0) is 13.8. The van der Waals surface area contributed by atoms with Crippen LogP contribution in [0.1, 0.15) is 25.5 Å². The van der Waals surface area contributed by atoms with Crippen LogP contribution in [0.4, 0.5) is 0 Å². The predicted molar refractivity (Wildman–Crippen MR) is 68.2 cm³/mol. The van der Waals surface area contributed by atoms with Crippen molar-refractivity contribution in [1.29, 1.82) is 0 Å². The summed E-state index contributed by atoms with van der Waals surface area (Å²) in [6.07, 6.45) is -1.83. The Bertz CT molecular complexity index is 695. The Morgan fingerprint density at radius 3 is 2.58 bits per heavy atom. The van der Waals surface area contributed by atoms with Gasteiger partial charge in [0.05, 0.1) is 11.2 Å². The average molecular weight is 262 g/mol. The van der Waals surface area contributed by atoms with Gasteiger partial charge in [-0.1, -0.05) is 0 Å². The van der Waals surface area contributed by atoms with Gasteiger partial charge in [0.25, 0.3) is 0 Å². The summed E-state index contributed by atoms with van der Waals surface area (Å²) in [6.45, 7) is 3.12. The minimum atomic E-state index is -1.21. The van der Waals surface area contributed by atoms with Gasteiger partial charge in [-0.3, -0.25) is 0 Å². The number of aliphatic hydroxyl groups is 2. The number of ether oxygens (including phenoxy) is 1. The molecule has 0 radical (unpaired) electrons. The van der Waals surface area contributed by atoms with Crippen molar-refractivity contribution in [2.75, 3.05) is 0 Å². The monoisotopic (exact) mass is 262 g/mol. The lowest BCUT2D eigenvalue weighted by atomic mass is 9.94. The number of rotatable bonds is 1. The van der Waals surface area contributed by atoms with Crippen molar-refractivity contribution in [3.63, 3.8) is 0 Å². The van der Waals surface area contributed by atoms with Crippen LogP contribution in [0.5, 0.6) is 5.75 Å². The smallest absolute Gasteiger partial charge is 0.336 e. The summed E-state index contributed by atoms with van der Waals surface area (Å²) in [7, 11) is 0. The van der Waals surface area contributed by atoms with Gasteiger partial charge in [-0.05, 0) is 32.0 Å². The highest BCUT2D eigenvalue weighted by atomic mass is 16.5. The molecule has 0 bridgehead atoms. The second kappa shape index (κ2) is 3.82. The van der Waals surface area contributed by atoms with E-state index in [1.54, 1.807) is 32.0 Å². The van der Waals surface area contributed by atoms with Crippen molar-refractivity contribution in [3.8, 4) is 5.75 Å². The van der Waals surface area contributed by atoms with Crippen LogP contribution in [-0.4, -0.2) is 21.9 Å². The molecule has 1 aliphatic rings. The summed E-state index contributed by atoms with van der Waals surface area (Å²) >= 11 is 0. The first-order chi connectivity index (χ1) is 8.88. The van der Waals surface area contributed by atoms with E-state index in [1.165, 1.54) is 6.07 Å². The molecule has 0 spiro atoms. The fourth-order valence-electron chi connectivity index (χ4n) is 2.40. The van der Waals surface area contributed by atoms with E-state index in [0.717, 1.165) is 0 Å². The molecule has 3 rings (SSSR count). The predicted octanol–water partition coefficient (Wildman–Crippen LogP) is 1.36. The molecule has 2 atom stereocenters. The Hall–Kier alpha value is -1.85. The van der Waals surface area contributed by atoms with Gasteiger partial charge < -0.3 is 19.4 Å². The third-order valence-electron chi connectivity index (χ3n) is 3.32. The summed E-state index contributed by atoms with van der Waals surface area (Å²) in [6, 6.07) is 6.40. The molecule has 19 heavy (non-hydrogen) atoms. The average Bonchev–Trinajstić information content (AvgIpc) is 2.67. The number of fused-ring (bicyclic) bond motifs is 3. The molecular weight excluding hydrogens is 248 g/mol. The van der Waals surface area contributed by atoms with Gasteiger partial charge in [0.15, 0.2) is 6.10 Å². The summed E-state index contributed by atoms with van der Waals surface area (Å²) in [5.41, 5.74) is -0.966. The molecule has 1 aromatic carbocycles. The van der Waals surface area contributed by atoms with E-state index in [2.05, 4.69) is 0 Å². The first-order valence-electron chi connectivity index (χ1n) is 6.02. The molecule has 0 amide bonds. The Labute approximate surface area is 109 Å². The largest absolute Gasteiger partial charge is 0.484 e. The standard InChI is InChI=1S/C14H14O5/c1-14(2,17)13-11(16)10-8(18-13)5-3-7-4-6-9(15)19-12(7)10/h3-6,11,13,16-17H,1-2H3/t11-,13+/m1/s1. The third-order valence-corrected chi connectivity index (χ3v) is 3.32. The van der Waals surface area contributed by atoms with Gasteiger partial charge in [0.1, 0.15) is 17.4 Å². The van der Waals surface area contributed by atoms with Crippen LogP contribution in [0.3, 0.4) is 0 Å². The molecule has 1 aliphatic heterocycles. The maximum absolute atomic E-state index is 11.3. The summed E-state index contributed by atoms with van der Waals surface area (Å²) in [5, 5.41) is 21.0. The van der Waals surface area contributed by atoms with E-state index in [0.29, 0.717) is 22.3 Å². The molecule has 100 valence electrons. The highest BCUT2D eigenvalue weighted by Crippen LogP contribution is 2.43. The molecule has 0 saturated carbocycles. The fraction of sp³-hybridized carbons (Fsp3) is 0.357. The van der Waals surface area contributed by atoms with Crippen LogP contribution in [0.25, 0.3) is 11.0 Å². The van der Waals surface area contributed by atoms with Crippen LogP contribution in [-0.2, 0) is 0 Å². The molecule has 0 fully saturated rings. The van der Waals surface area contributed by atoms with Gasteiger partial charge in [0.2, 0.25) is 0 Å². The summed E-state index contributed by atoms with van der Waals surface area (Å²) in [4.78, 5) is 11.3. The van der Waals surface area contributed by atoms with Crippen LogP contribution in [0, 0.1) is 0 Å². The first-order valence-corrected chi connectivity index (χ1v) is 6.02. The molecule has 1 aromatic heterocycles. The van der Waals surface area contributed by atoms with Gasteiger partial charge >= 0.3 is 5.63 Å². The van der Waals surface area contributed by atoms with Crippen molar-refractivity contribution < 1.29 is 19.4 Å². The minimum absolute atomic E-state index is 0.309. The third kappa shape index (κ3) is 1.82. The van der Waals surface area contributed by atoms with Gasteiger partial charge in [-0.15, -0.1) is 0 Å². The number of hydrogen-bond donors (Lipinski definition) is 2. The van der Waals surface area contributed by atoms with Crippen molar-refractivity contribution in [2.45, 2.75) is 31.7 Å². The zero-order valence-electron chi connectivity index (χ0n) is 10.6. The van der Waals surface area contributed by atoms with Crippen molar-refractivity contribution in [1.82, 2.24) is 0 Å². The molecule has 2 heterocycles. The highest BCUT2D eigenvalue weighted by molar-refractivity contribution is 5.83. The lowest BCUT2D eigenvalue weighted by Crippen LogP contribution is -2.41. The maximum Gasteiger partial charge on any atom is 0.336 e. The molecule has 0 saturated heterocycles. The Balaban J connectivity index is 2.24. The van der Waals surface area contributed by atoms with E-state index >= 15 is 0 Å². The van der Waals surface area contributed by atoms with E-state index in [4.69, 9.17) is 9.15 Å². The molecule has 0 aliphatic carbocycles. The van der Waals surface area contributed by atoms with Crippen LogP contribution in [0.15, 0.2) is 33.5 Å². The van der Waals surface area contributed by atoms with E-state index in [-0.39, 0.29) is 0 Å². The summed E-state index contributed by atoms with van der Waals surface area (Å²) < 4.78 is 10.7. The zero-order valence-corrected chi connectivity index (χ0v) is 10.6. The SMILES string of the molecule is CC(C)(O)[C@H]1Oc2ccc3ccc(=O)oc3c2[C@H]1O. The van der Waals surface area contributed by atoms with E-state index in [1.807, 2.05) is 0 Å². The minimum Gasteiger partial charge on any atom is -0.484 e. The van der Waals surface area contributed by atoms with Gasteiger partial charge in [-0.25, -0.2) is 4.79 Å². The quantitative estimate of drug-likeness (QED) is 0.758. The van der Waals surface area contributed by atoms with E-state index in [9.17, 15) is 15.0 Å². The number of benzene rings is 1. The Morgan fingerprint density at radius 1 is 1.21 bits per heavy atom. The molecule has 0 unspecified atom stereocenters. The Kier molecular flexibility index (Phi) is 2.45. The number of hydrogen-bond acceptors (Lipinski definition) is 5. The van der Waals surface area contributed by atoms with Crippen molar-refractivity contribution in [2.24, 2.45) is 0 Å². The molecule has 5 heteroatoms. The highest BCUT2D eigenvalue weighted by Gasteiger charge is 2.43. The number of aliphatic hydroxyl groups excluding tert-OH is 1. The van der Waals surface area contributed by atoms with Crippen LogP contribution < -0.4 is 10.4 Å². The second-order valence-electron chi connectivity index (χ2n) is 5.29. The lowest BCUT2D eigenvalue weighted by Gasteiger charge is -2.27. The molecule has 5 nitrogen and oxygen atoms in total. The maximum atomic E-state index is 11.3. The summed E-state index contributed by atoms with van der Waals surface area (Å²) in [5.74, 6) is 0.432. The lowest BCUT2D eigenvalue weighted by molar-refractivity contribution is -0.0761. The molecule has 2 aromatic rings. The normalized spacial score (nSPS) is 22.3. The first kappa shape index (κ1) is 12.2. The van der Waals surface area contributed by atoms with Crippen LogP contribution >= 0.6 is 0 Å². The fourth-order valence-corrected chi connectivity index (χ4v) is 2.40. The van der Waals surface area contributed by atoms with Gasteiger partial charge in [-0.2, -0.15) is 0 Å². The van der Waals surface area contributed by atoms with Crippen molar-refractivity contribution >= 4 is 11.0 Å². The van der Waals surface area contributed by atoms with Crippen molar-refractivity contribution in [3.05, 3.63) is 40.2 Å². The van der Waals surface area contributed by atoms with E-state index < -0.39 is 23.4 Å². The molecule has 2 N–H and O–H groups in total. The topological polar surface area (TPSA) is 79.9 Å². The van der Waals surface area contributed by atoms with Crippen LogP contribution in [0.2, 0.25) is 0 Å². The second-order valence-corrected chi connectivity index (χ2v) is 5.29. The Morgan fingerprint density at radius 2 is 1.89 bits per heavy atom. The molecular formula is C14H14O5.